The lowest BCUT2D eigenvalue weighted by Gasteiger charge is -2.11. The first kappa shape index (κ1) is 15.5. The number of fused-ring (bicyclic) bond motifs is 2. The molecule has 6 heteroatoms. The molecule has 0 aliphatic heterocycles. The number of hydrogen-bond donors (Lipinski definition) is 0. The quantitative estimate of drug-likeness (QED) is 0.515. The molecular weight excluding hydrogens is 296 g/mol. The Morgan fingerprint density at radius 1 is 0.870 bits per heavy atom. The number of hydrogen-bond acceptors (Lipinski definition) is 6. The molecular formula is C17H18N2O4. The van der Waals surface area contributed by atoms with E-state index in [-0.39, 0.29) is 13.6 Å². The lowest BCUT2D eigenvalue weighted by Crippen LogP contribution is -2.02. The zero-order chi connectivity index (χ0) is 16.2. The summed E-state index contributed by atoms with van der Waals surface area (Å²) in [6.45, 7) is 2.33. The number of rotatable bonds is 6. The molecule has 2 aromatic carbocycles. The first-order valence-corrected chi connectivity index (χ1v) is 7.17. The van der Waals surface area contributed by atoms with Crippen LogP contribution < -0.4 is 9.47 Å². The van der Waals surface area contributed by atoms with Crippen LogP contribution in [0.5, 0.6) is 11.5 Å². The first-order valence-electron chi connectivity index (χ1n) is 7.17. The number of aromatic nitrogens is 2. The summed E-state index contributed by atoms with van der Waals surface area (Å²) >= 11 is 0. The second-order valence-electron chi connectivity index (χ2n) is 5.06. The van der Waals surface area contributed by atoms with Crippen molar-refractivity contribution in [3.05, 3.63) is 35.9 Å². The third-order valence-corrected chi connectivity index (χ3v) is 3.37. The fourth-order valence-corrected chi connectivity index (χ4v) is 2.36. The molecule has 1 aromatic heterocycles. The van der Waals surface area contributed by atoms with E-state index in [0.29, 0.717) is 17.0 Å². The first-order chi connectivity index (χ1) is 11.2. The van der Waals surface area contributed by atoms with Crippen LogP contribution in [0.2, 0.25) is 0 Å². The third kappa shape index (κ3) is 3.18. The van der Waals surface area contributed by atoms with Crippen LogP contribution in [0, 0.1) is 6.92 Å². The lowest BCUT2D eigenvalue weighted by molar-refractivity contribution is 0.0511. The Balaban J connectivity index is 2.14. The van der Waals surface area contributed by atoms with E-state index in [1.807, 2.05) is 37.3 Å². The van der Waals surface area contributed by atoms with Crippen molar-refractivity contribution >= 4 is 22.1 Å². The molecule has 0 atom stereocenters. The molecule has 23 heavy (non-hydrogen) atoms. The van der Waals surface area contributed by atoms with Gasteiger partial charge in [0.2, 0.25) is 0 Å². The van der Waals surface area contributed by atoms with E-state index in [1.54, 1.807) is 14.2 Å². The number of aryl methyl sites for hydroxylation is 1. The molecule has 0 saturated heterocycles. The minimum Gasteiger partial charge on any atom is -0.467 e. The van der Waals surface area contributed by atoms with Gasteiger partial charge in [-0.25, -0.2) is 9.97 Å². The van der Waals surface area contributed by atoms with Crippen LogP contribution >= 0.6 is 0 Å². The van der Waals surface area contributed by atoms with Gasteiger partial charge in [0.25, 0.3) is 0 Å². The van der Waals surface area contributed by atoms with E-state index in [2.05, 4.69) is 0 Å². The number of nitrogens with zero attached hydrogens (tertiary/aromatic N) is 2. The summed E-state index contributed by atoms with van der Waals surface area (Å²) in [6, 6.07) is 9.42. The Bertz CT molecular complexity index is 836. The average molecular weight is 314 g/mol. The zero-order valence-electron chi connectivity index (χ0n) is 13.3. The van der Waals surface area contributed by atoms with Crippen LogP contribution in [0.15, 0.2) is 30.3 Å². The molecule has 0 bridgehead atoms. The SMILES string of the molecule is COCOc1cc(C)c2nc3cccc(OCOC)c3nc2c1. The maximum Gasteiger partial charge on any atom is 0.188 e. The second kappa shape index (κ2) is 6.76. The van der Waals surface area contributed by atoms with Gasteiger partial charge in [0.05, 0.1) is 16.6 Å². The minimum absolute atomic E-state index is 0.162. The summed E-state index contributed by atoms with van der Waals surface area (Å²) in [4.78, 5) is 9.39. The van der Waals surface area contributed by atoms with Gasteiger partial charge in [-0.3, -0.25) is 0 Å². The van der Waals surface area contributed by atoms with E-state index in [0.717, 1.165) is 22.1 Å². The fourth-order valence-electron chi connectivity index (χ4n) is 2.36. The Kier molecular flexibility index (Phi) is 4.55. The van der Waals surface area contributed by atoms with Crippen molar-refractivity contribution in [2.45, 2.75) is 6.92 Å². The van der Waals surface area contributed by atoms with Crippen LogP contribution in [0.4, 0.5) is 0 Å². The van der Waals surface area contributed by atoms with Crippen molar-refractivity contribution in [1.82, 2.24) is 9.97 Å². The Morgan fingerprint density at radius 3 is 2.39 bits per heavy atom. The highest BCUT2D eigenvalue weighted by molar-refractivity contribution is 5.91. The molecule has 3 aromatic rings. The summed E-state index contributed by atoms with van der Waals surface area (Å²) < 4.78 is 21.0. The molecule has 3 rings (SSSR count). The monoisotopic (exact) mass is 314 g/mol. The van der Waals surface area contributed by atoms with Gasteiger partial charge < -0.3 is 18.9 Å². The highest BCUT2D eigenvalue weighted by Crippen LogP contribution is 2.28. The largest absolute Gasteiger partial charge is 0.467 e. The van der Waals surface area contributed by atoms with Crippen LogP contribution in [0.3, 0.4) is 0 Å². The van der Waals surface area contributed by atoms with Crippen molar-refractivity contribution in [2.24, 2.45) is 0 Å². The van der Waals surface area contributed by atoms with Crippen LogP contribution in [0.1, 0.15) is 5.56 Å². The van der Waals surface area contributed by atoms with Gasteiger partial charge in [-0.2, -0.15) is 0 Å². The molecule has 0 fully saturated rings. The number of benzene rings is 2. The highest BCUT2D eigenvalue weighted by atomic mass is 16.7. The number of methoxy groups -OCH3 is 2. The molecule has 0 aliphatic carbocycles. The van der Waals surface area contributed by atoms with E-state index in [4.69, 9.17) is 28.9 Å². The third-order valence-electron chi connectivity index (χ3n) is 3.37. The summed E-state index contributed by atoms with van der Waals surface area (Å²) in [5, 5.41) is 0. The van der Waals surface area contributed by atoms with Crippen molar-refractivity contribution in [1.29, 1.82) is 0 Å². The van der Waals surface area contributed by atoms with Gasteiger partial charge in [0.15, 0.2) is 13.6 Å². The molecule has 0 aliphatic rings. The lowest BCUT2D eigenvalue weighted by atomic mass is 10.1. The van der Waals surface area contributed by atoms with E-state index in [9.17, 15) is 0 Å². The Labute approximate surface area is 134 Å². The second-order valence-corrected chi connectivity index (χ2v) is 5.06. The molecule has 0 amide bonds. The Morgan fingerprint density at radius 2 is 1.61 bits per heavy atom. The zero-order valence-corrected chi connectivity index (χ0v) is 13.3. The summed E-state index contributed by atoms with van der Waals surface area (Å²) in [5.41, 5.74) is 4.05. The maximum atomic E-state index is 5.57. The molecule has 0 N–H and O–H groups in total. The van der Waals surface area contributed by atoms with Gasteiger partial charge in [-0.1, -0.05) is 6.07 Å². The van der Waals surface area contributed by atoms with Crippen LogP contribution in [-0.2, 0) is 9.47 Å². The van der Waals surface area contributed by atoms with Crippen molar-refractivity contribution in [3.63, 3.8) is 0 Å². The predicted molar refractivity (Wildman–Crippen MR) is 86.8 cm³/mol. The van der Waals surface area contributed by atoms with Gasteiger partial charge in [-0.05, 0) is 30.7 Å². The molecule has 0 spiro atoms. The molecule has 0 saturated carbocycles. The molecule has 120 valence electrons. The summed E-state index contributed by atoms with van der Waals surface area (Å²) in [7, 11) is 3.16. The topological polar surface area (TPSA) is 62.7 Å². The summed E-state index contributed by atoms with van der Waals surface area (Å²) in [5.74, 6) is 1.33. The van der Waals surface area contributed by atoms with Gasteiger partial charge in [0, 0.05) is 20.3 Å². The average Bonchev–Trinajstić information content (AvgIpc) is 2.56. The Hall–Kier alpha value is -2.44. The number of para-hydroxylation sites is 1. The fraction of sp³-hybridized carbons (Fsp3) is 0.294. The molecule has 0 radical (unpaired) electrons. The van der Waals surface area contributed by atoms with Crippen LogP contribution in [-0.4, -0.2) is 37.8 Å². The van der Waals surface area contributed by atoms with E-state index >= 15 is 0 Å². The van der Waals surface area contributed by atoms with Crippen molar-refractivity contribution in [3.8, 4) is 11.5 Å². The van der Waals surface area contributed by atoms with Crippen molar-refractivity contribution < 1.29 is 18.9 Å². The summed E-state index contributed by atoms with van der Waals surface area (Å²) in [6.07, 6.45) is 0. The predicted octanol–water partition coefficient (Wildman–Crippen LogP) is 3.06. The number of ether oxygens (including phenoxy) is 4. The van der Waals surface area contributed by atoms with Gasteiger partial charge in [0.1, 0.15) is 17.0 Å². The standard InChI is InChI=1S/C17H18N2O4/c1-11-7-12(22-9-20-2)8-14-16(11)18-13-5-4-6-15(17(13)19-14)23-10-21-3/h4-8H,9-10H2,1-3H3. The molecule has 6 nitrogen and oxygen atoms in total. The van der Waals surface area contributed by atoms with E-state index < -0.39 is 0 Å². The molecule has 0 unspecified atom stereocenters. The molecule has 1 heterocycles. The minimum atomic E-state index is 0.162. The van der Waals surface area contributed by atoms with Gasteiger partial charge in [-0.15, -0.1) is 0 Å². The highest BCUT2D eigenvalue weighted by Gasteiger charge is 2.10. The smallest absolute Gasteiger partial charge is 0.188 e. The van der Waals surface area contributed by atoms with Gasteiger partial charge >= 0.3 is 0 Å². The maximum absolute atomic E-state index is 5.57. The van der Waals surface area contributed by atoms with E-state index in [1.165, 1.54) is 0 Å². The normalized spacial score (nSPS) is 11.1. The van der Waals surface area contributed by atoms with Crippen molar-refractivity contribution in [2.75, 3.05) is 27.8 Å². The van der Waals surface area contributed by atoms with Crippen LogP contribution in [0.25, 0.3) is 22.1 Å².